The standard InChI is InChI=1S/C19H25NO/c1-3-16-10-12-17(13-11-16)14-18(20-4-2)15-21-19-8-6-5-7-9-19/h5-13,18,20H,3-4,14-15H2,1-2H3. The van der Waals surface area contributed by atoms with Crippen LogP contribution >= 0.6 is 0 Å². The van der Waals surface area contributed by atoms with Crippen molar-refractivity contribution in [3.05, 3.63) is 65.7 Å². The highest BCUT2D eigenvalue weighted by Crippen LogP contribution is 2.11. The number of aryl methyl sites for hydroxylation is 1. The van der Waals surface area contributed by atoms with Crippen molar-refractivity contribution in [3.8, 4) is 5.75 Å². The largest absolute Gasteiger partial charge is 0.492 e. The van der Waals surface area contributed by atoms with Crippen molar-refractivity contribution in [1.82, 2.24) is 5.32 Å². The maximum Gasteiger partial charge on any atom is 0.119 e. The average molecular weight is 283 g/mol. The SMILES string of the molecule is CCNC(COc1ccccc1)Cc1ccc(CC)cc1. The molecule has 0 saturated carbocycles. The van der Waals surface area contributed by atoms with Crippen LogP contribution in [0.4, 0.5) is 0 Å². The molecule has 2 rings (SSSR count). The molecule has 112 valence electrons. The van der Waals surface area contributed by atoms with Gasteiger partial charge in [0, 0.05) is 6.04 Å². The minimum atomic E-state index is 0.336. The summed E-state index contributed by atoms with van der Waals surface area (Å²) in [7, 11) is 0. The Balaban J connectivity index is 1.91. The van der Waals surface area contributed by atoms with Gasteiger partial charge in [-0.3, -0.25) is 0 Å². The number of likely N-dealkylation sites (N-methyl/N-ethyl adjacent to an activating group) is 1. The maximum absolute atomic E-state index is 5.88. The number of nitrogens with one attached hydrogen (secondary N) is 1. The van der Waals surface area contributed by atoms with E-state index in [4.69, 9.17) is 4.74 Å². The zero-order valence-electron chi connectivity index (χ0n) is 13.0. The average Bonchev–Trinajstić information content (AvgIpc) is 2.54. The molecule has 1 atom stereocenters. The smallest absolute Gasteiger partial charge is 0.119 e. The minimum absolute atomic E-state index is 0.336. The van der Waals surface area contributed by atoms with Gasteiger partial charge < -0.3 is 10.1 Å². The Bertz CT molecular complexity index is 507. The summed E-state index contributed by atoms with van der Waals surface area (Å²) in [6, 6.07) is 19.2. The van der Waals surface area contributed by atoms with E-state index in [0.717, 1.165) is 25.1 Å². The molecule has 0 fully saturated rings. The van der Waals surface area contributed by atoms with E-state index < -0.39 is 0 Å². The topological polar surface area (TPSA) is 21.3 Å². The monoisotopic (exact) mass is 283 g/mol. The van der Waals surface area contributed by atoms with Gasteiger partial charge in [-0.05, 0) is 42.6 Å². The second-order valence-electron chi connectivity index (χ2n) is 5.25. The van der Waals surface area contributed by atoms with Crippen molar-refractivity contribution < 1.29 is 4.74 Å². The number of benzene rings is 2. The minimum Gasteiger partial charge on any atom is -0.492 e. The summed E-state index contributed by atoms with van der Waals surface area (Å²) in [4.78, 5) is 0. The molecule has 2 aromatic carbocycles. The fourth-order valence-corrected chi connectivity index (χ4v) is 2.39. The van der Waals surface area contributed by atoms with Crippen LogP contribution in [0.25, 0.3) is 0 Å². The lowest BCUT2D eigenvalue weighted by Crippen LogP contribution is -2.36. The van der Waals surface area contributed by atoms with Crippen molar-refractivity contribution >= 4 is 0 Å². The van der Waals surface area contributed by atoms with E-state index in [2.05, 4.69) is 43.4 Å². The molecule has 0 amide bonds. The number of rotatable bonds is 8. The molecule has 0 aliphatic rings. The first-order chi connectivity index (χ1) is 10.3. The van der Waals surface area contributed by atoms with E-state index in [-0.39, 0.29) is 0 Å². The van der Waals surface area contributed by atoms with E-state index in [1.165, 1.54) is 11.1 Å². The Labute approximate surface area is 128 Å². The van der Waals surface area contributed by atoms with Crippen LogP contribution in [-0.4, -0.2) is 19.2 Å². The normalized spacial score (nSPS) is 12.1. The fourth-order valence-electron chi connectivity index (χ4n) is 2.39. The summed E-state index contributed by atoms with van der Waals surface area (Å²) >= 11 is 0. The highest BCUT2D eigenvalue weighted by atomic mass is 16.5. The van der Waals surface area contributed by atoms with Gasteiger partial charge in [-0.1, -0.05) is 56.3 Å². The van der Waals surface area contributed by atoms with Crippen LogP contribution in [-0.2, 0) is 12.8 Å². The Morgan fingerprint density at radius 1 is 0.905 bits per heavy atom. The molecular weight excluding hydrogens is 258 g/mol. The number of para-hydroxylation sites is 1. The van der Waals surface area contributed by atoms with E-state index >= 15 is 0 Å². The first kappa shape index (κ1) is 15.6. The van der Waals surface area contributed by atoms with E-state index in [1.807, 2.05) is 30.3 Å². The lowest BCUT2D eigenvalue weighted by molar-refractivity contribution is 0.265. The predicted octanol–water partition coefficient (Wildman–Crippen LogP) is 3.85. The molecule has 21 heavy (non-hydrogen) atoms. The predicted molar refractivity (Wildman–Crippen MR) is 88.9 cm³/mol. The molecule has 0 spiro atoms. The molecule has 1 unspecified atom stereocenters. The van der Waals surface area contributed by atoms with Gasteiger partial charge in [0.05, 0.1) is 0 Å². The zero-order chi connectivity index (χ0) is 14.9. The molecule has 0 aliphatic heterocycles. The first-order valence-corrected chi connectivity index (χ1v) is 7.80. The van der Waals surface area contributed by atoms with Gasteiger partial charge in [0.25, 0.3) is 0 Å². The van der Waals surface area contributed by atoms with Crippen LogP contribution in [0.5, 0.6) is 5.75 Å². The molecular formula is C19H25NO. The molecule has 2 heteroatoms. The zero-order valence-corrected chi connectivity index (χ0v) is 13.0. The third-order valence-electron chi connectivity index (χ3n) is 3.60. The molecule has 0 aromatic heterocycles. The van der Waals surface area contributed by atoms with Gasteiger partial charge in [0.1, 0.15) is 12.4 Å². The van der Waals surface area contributed by atoms with Crippen LogP contribution in [0.15, 0.2) is 54.6 Å². The van der Waals surface area contributed by atoms with Crippen LogP contribution in [0.3, 0.4) is 0 Å². The lowest BCUT2D eigenvalue weighted by atomic mass is 10.0. The second kappa shape index (κ2) is 8.48. The number of ether oxygens (including phenoxy) is 1. The van der Waals surface area contributed by atoms with E-state index in [0.29, 0.717) is 12.6 Å². The van der Waals surface area contributed by atoms with E-state index in [9.17, 15) is 0 Å². The Hall–Kier alpha value is -1.80. The van der Waals surface area contributed by atoms with Gasteiger partial charge in [-0.15, -0.1) is 0 Å². The van der Waals surface area contributed by atoms with Crippen LogP contribution < -0.4 is 10.1 Å². The molecule has 0 bridgehead atoms. The molecule has 2 nitrogen and oxygen atoms in total. The molecule has 0 aliphatic carbocycles. The molecule has 2 aromatic rings. The molecule has 0 heterocycles. The van der Waals surface area contributed by atoms with Gasteiger partial charge in [-0.25, -0.2) is 0 Å². The van der Waals surface area contributed by atoms with Gasteiger partial charge >= 0.3 is 0 Å². The van der Waals surface area contributed by atoms with Crippen LogP contribution in [0.2, 0.25) is 0 Å². The number of hydrogen-bond acceptors (Lipinski definition) is 2. The summed E-state index contributed by atoms with van der Waals surface area (Å²) in [5.74, 6) is 0.932. The molecule has 1 N–H and O–H groups in total. The summed E-state index contributed by atoms with van der Waals surface area (Å²) < 4.78 is 5.88. The Morgan fingerprint density at radius 3 is 2.19 bits per heavy atom. The van der Waals surface area contributed by atoms with E-state index in [1.54, 1.807) is 0 Å². The third-order valence-corrected chi connectivity index (χ3v) is 3.60. The summed E-state index contributed by atoms with van der Waals surface area (Å²) in [6.07, 6.45) is 2.08. The Morgan fingerprint density at radius 2 is 1.57 bits per heavy atom. The maximum atomic E-state index is 5.88. The summed E-state index contributed by atoms with van der Waals surface area (Å²) in [5, 5.41) is 3.50. The first-order valence-electron chi connectivity index (χ1n) is 7.80. The van der Waals surface area contributed by atoms with Crippen molar-refractivity contribution in [3.63, 3.8) is 0 Å². The van der Waals surface area contributed by atoms with Crippen LogP contribution in [0, 0.1) is 0 Å². The molecule has 0 radical (unpaired) electrons. The summed E-state index contributed by atoms with van der Waals surface area (Å²) in [6.45, 7) is 5.96. The van der Waals surface area contributed by atoms with Gasteiger partial charge in [0.15, 0.2) is 0 Å². The quantitative estimate of drug-likeness (QED) is 0.794. The number of hydrogen-bond donors (Lipinski definition) is 1. The highest BCUT2D eigenvalue weighted by molar-refractivity contribution is 5.24. The van der Waals surface area contributed by atoms with Gasteiger partial charge in [-0.2, -0.15) is 0 Å². The second-order valence-corrected chi connectivity index (χ2v) is 5.25. The molecule has 0 saturated heterocycles. The van der Waals surface area contributed by atoms with Crippen molar-refractivity contribution in [2.75, 3.05) is 13.2 Å². The highest BCUT2D eigenvalue weighted by Gasteiger charge is 2.09. The van der Waals surface area contributed by atoms with Gasteiger partial charge in [0.2, 0.25) is 0 Å². The lowest BCUT2D eigenvalue weighted by Gasteiger charge is -2.19. The van der Waals surface area contributed by atoms with Crippen LogP contribution in [0.1, 0.15) is 25.0 Å². The Kier molecular flexibility index (Phi) is 6.29. The van der Waals surface area contributed by atoms with Crippen molar-refractivity contribution in [1.29, 1.82) is 0 Å². The fraction of sp³-hybridized carbons (Fsp3) is 0.368. The summed E-state index contributed by atoms with van der Waals surface area (Å²) in [5.41, 5.74) is 2.74. The van der Waals surface area contributed by atoms with Crippen molar-refractivity contribution in [2.24, 2.45) is 0 Å². The van der Waals surface area contributed by atoms with Crippen molar-refractivity contribution in [2.45, 2.75) is 32.7 Å². The third kappa shape index (κ3) is 5.24.